The summed E-state index contributed by atoms with van der Waals surface area (Å²) in [7, 11) is -3.07. The predicted octanol–water partition coefficient (Wildman–Crippen LogP) is 4.19. The second-order valence-corrected chi connectivity index (χ2v) is 11.0. The number of nitrogen functional groups attached to an aromatic ring is 1. The lowest BCUT2D eigenvalue weighted by Gasteiger charge is -2.15. The van der Waals surface area contributed by atoms with E-state index < -0.39 is 10.0 Å². The van der Waals surface area contributed by atoms with Crippen LogP contribution in [0.15, 0.2) is 48.5 Å². The summed E-state index contributed by atoms with van der Waals surface area (Å²) in [5.41, 5.74) is 11.1. The maximum atomic E-state index is 12.1. The van der Waals surface area contributed by atoms with E-state index >= 15 is 0 Å². The lowest BCUT2D eigenvalue weighted by molar-refractivity contribution is 0.126. The number of rotatable bonds is 9. The highest BCUT2D eigenvalue weighted by molar-refractivity contribution is 7.89. The van der Waals surface area contributed by atoms with E-state index in [4.69, 9.17) is 15.5 Å². The molecule has 4 aromatic rings. The topological polar surface area (TPSA) is 103 Å². The van der Waals surface area contributed by atoms with Crippen LogP contribution in [0.1, 0.15) is 32.0 Å². The van der Waals surface area contributed by atoms with Crippen LogP contribution in [0.2, 0.25) is 0 Å². The van der Waals surface area contributed by atoms with Gasteiger partial charge in [0.15, 0.2) is 5.82 Å². The molecule has 0 aliphatic carbocycles. The Bertz CT molecular complexity index is 1450. The number of anilines is 1. The van der Waals surface area contributed by atoms with Gasteiger partial charge in [0.1, 0.15) is 17.9 Å². The molecule has 3 heterocycles. The highest BCUT2D eigenvalue weighted by Crippen LogP contribution is 2.32. The van der Waals surface area contributed by atoms with Crippen LogP contribution in [-0.4, -0.2) is 52.7 Å². The van der Waals surface area contributed by atoms with Gasteiger partial charge in [-0.15, -0.1) is 0 Å². The Morgan fingerprint density at radius 1 is 1.03 bits per heavy atom. The van der Waals surface area contributed by atoms with Crippen LogP contribution < -0.4 is 5.73 Å². The summed E-state index contributed by atoms with van der Waals surface area (Å²) in [6, 6.07) is 16.5. The molecule has 8 nitrogen and oxygen atoms in total. The van der Waals surface area contributed by atoms with Crippen molar-refractivity contribution >= 4 is 37.8 Å². The van der Waals surface area contributed by atoms with E-state index in [1.807, 2.05) is 25.1 Å². The Kier molecular flexibility index (Phi) is 6.73. The first kappa shape index (κ1) is 23.7. The van der Waals surface area contributed by atoms with Crippen LogP contribution in [0.25, 0.3) is 33.1 Å². The number of nitrogens with zero attached hydrogens (tertiary/aromatic N) is 4. The van der Waals surface area contributed by atoms with E-state index in [9.17, 15) is 8.42 Å². The normalized spacial score (nSPS) is 15.9. The molecule has 9 heteroatoms. The number of hydrogen-bond acceptors (Lipinski definition) is 6. The second-order valence-electron chi connectivity index (χ2n) is 8.88. The first-order valence-corrected chi connectivity index (χ1v) is 13.8. The van der Waals surface area contributed by atoms with Gasteiger partial charge < -0.3 is 15.0 Å². The third-order valence-corrected chi connectivity index (χ3v) is 8.52. The number of unbranched alkanes of at least 4 members (excludes halogenated alkanes) is 1. The summed E-state index contributed by atoms with van der Waals surface area (Å²) in [4.78, 5) is 9.48. The minimum absolute atomic E-state index is 0.265. The number of fused-ring (bicyclic) bond motifs is 3. The van der Waals surface area contributed by atoms with Gasteiger partial charge in [-0.25, -0.2) is 22.7 Å². The van der Waals surface area contributed by atoms with E-state index in [1.165, 1.54) is 0 Å². The second kappa shape index (κ2) is 9.93. The molecule has 2 aromatic carbocycles. The van der Waals surface area contributed by atoms with E-state index in [-0.39, 0.29) is 5.75 Å². The zero-order chi connectivity index (χ0) is 24.4. The smallest absolute Gasteiger partial charge is 0.214 e. The molecular weight excluding hydrogens is 462 g/mol. The van der Waals surface area contributed by atoms with Gasteiger partial charge in [-0.3, -0.25) is 0 Å². The fraction of sp³-hybridized carbons (Fsp3) is 0.385. The molecule has 0 bridgehead atoms. The summed E-state index contributed by atoms with van der Waals surface area (Å²) in [5, 5.41) is 0.992. The first-order chi connectivity index (χ1) is 17.0. The molecule has 0 atom stereocenters. The van der Waals surface area contributed by atoms with Gasteiger partial charge in [0, 0.05) is 31.6 Å². The number of imidazole rings is 1. The van der Waals surface area contributed by atoms with Crippen molar-refractivity contribution < 1.29 is 13.2 Å². The Balaban J connectivity index is 1.49. The van der Waals surface area contributed by atoms with Crippen LogP contribution in [0, 0.1) is 0 Å². The van der Waals surface area contributed by atoms with Crippen molar-refractivity contribution in [1.29, 1.82) is 0 Å². The molecule has 0 saturated carbocycles. The number of ether oxygens (including phenoxy) is 1. The molecule has 5 rings (SSSR count). The predicted molar refractivity (Wildman–Crippen MR) is 139 cm³/mol. The van der Waals surface area contributed by atoms with Crippen molar-refractivity contribution in [2.75, 3.05) is 31.2 Å². The highest BCUT2D eigenvalue weighted by atomic mass is 32.2. The quantitative estimate of drug-likeness (QED) is 0.351. The van der Waals surface area contributed by atoms with Crippen LogP contribution in [0.4, 0.5) is 5.82 Å². The summed E-state index contributed by atoms with van der Waals surface area (Å²) >= 11 is 0. The van der Waals surface area contributed by atoms with Gasteiger partial charge in [-0.2, -0.15) is 0 Å². The van der Waals surface area contributed by atoms with Crippen molar-refractivity contribution in [3.63, 3.8) is 0 Å². The Hall–Kier alpha value is -3.01. The van der Waals surface area contributed by atoms with Crippen molar-refractivity contribution in [2.45, 2.75) is 39.3 Å². The van der Waals surface area contributed by atoms with Gasteiger partial charge in [-0.05, 0) is 43.4 Å². The van der Waals surface area contributed by atoms with E-state index in [2.05, 4.69) is 39.9 Å². The van der Waals surface area contributed by atoms with Crippen LogP contribution in [-0.2, 0) is 27.9 Å². The molecule has 1 fully saturated rings. The number of aromatic nitrogens is 3. The molecule has 1 aliphatic heterocycles. The minimum atomic E-state index is -3.07. The van der Waals surface area contributed by atoms with Crippen LogP contribution in [0.3, 0.4) is 0 Å². The molecule has 184 valence electrons. The maximum Gasteiger partial charge on any atom is 0.214 e. The molecule has 1 aliphatic rings. The summed E-state index contributed by atoms with van der Waals surface area (Å²) < 4.78 is 33.7. The zero-order valence-electron chi connectivity index (χ0n) is 20.0. The SMILES string of the molecule is CCOCc1nc2c(N)nc3cc(-c4ccccc4)ccc3c2n1CCCCN1CCCS1(=O)=O. The zero-order valence-corrected chi connectivity index (χ0v) is 20.8. The average molecular weight is 494 g/mol. The fourth-order valence-electron chi connectivity index (χ4n) is 4.81. The fourth-order valence-corrected chi connectivity index (χ4v) is 6.38. The number of aryl methyl sites for hydroxylation is 1. The molecule has 2 aromatic heterocycles. The third-order valence-electron chi connectivity index (χ3n) is 6.57. The van der Waals surface area contributed by atoms with Crippen molar-refractivity contribution in [1.82, 2.24) is 18.8 Å². The number of pyridine rings is 1. The standard InChI is InChI=1S/C26H31N5O3S/c1-2-34-18-23-29-24-25(31(23)15-7-6-13-30-14-8-16-35(30,32)33)21-12-11-20(17-22(21)28-26(24)27)19-9-4-3-5-10-19/h3-5,9-12,17H,2,6-8,13-16,18H2,1H3,(H2,27,28). The van der Waals surface area contributed by atoms with Crippen molar-refractivity contribution in [3.05, 3.63) is 54.4 Å². The van der Waals surface area contributed by atoms with Crippen LogP contribution in [0.5, 0.6) is 0 Å². The Morgan fingerprint density at radius 3 is 2.57 bits per heavy atom. The number of nitrogens with two attached hydrogens (primary N) is 1. The van der Waals surface area contributed by atoms with E-state index in [0.717, 1.165) is 52.6 Å². The lowest BCUT2D eigenvalue weighted by atomic mass is 10.0. The van der Waals surface area contributed by atoms with Crippen LogP contribution >= 0.6 is 0 Å². The molecular formula is C26H31N5O3S. The Labute approximate surface area is 205 Å². The molecule has 35 heavy (non-hydrogen) atoms. The largest absolute Gasteiger partial charge is 0.382 e. The van der Waals surface area contributed by atoms with Gasteiger partial charge in [0.2, 0.25) is 10.0 Å². The first-order valence-electron chi connectivity index (χ1n) is 12.2. The van der Waals surface area contributed by atoms with E-state index in [0.29, 0.717) is 44.2 Å². The minimum Gasteiger partial charge on any atom is -0.382 e. The van der Waals surface area contributed by atoms with Gasteiger partial charge >= 0.3 is 0 Å². The molecule has 0 amide bonds. The van der Waals surface area contributed by atoms with Crippen molar-refractivity contribution in [3.8, 4) is 11.1 Å². The number of sulfonamides is 1. The summed E-state index contributed by atoms with van der Waals surface area (Å²) in [6.45, 7) is 4.81. The van der Waals surface area contributed by atoms with E-state index in [1.54, 1.807) is 4.31 Å². The third kappa shape index (κ3) is 4.76. The average Bonchev–Trinajstić information content (AvgIpc) is 3.40. The number of hydrogen-bond donors (Lipinski definition) is 1. The molecule has 2 N–H and O–H groups in total. The van der Waals surface area contributed by atoms with Gasteiger partial charge in [-0.1, -0.05) is 42.5 Å². The van der Waals surface area contributed by atoms with Gasteiger partial charge in [0.05, 0.1) is 16.8 Å². The Morgan fingerprint density at radius 2 is 1.83 bits per heavy atom. The lowest BCUT2D eigenvalue weighted by Crippen LogP contribution is -2.26. The maximum absolute atomic E-state index is 12.1. The molecule has 1 saturated heterocycles. The molecule has 0 spiro atoms. The molecule has 0 unspecified atom stereocenters. The number of benzene rings is 2. The van der Waals surface area contributed by atoms with Crippen molar-refractivity contribution in [2.24, 2.45) is 0 Å². The highest BCUT2D eigenvalue weighted by Gasteiger charge is 2.27. The monoisotopic (exact) mass is 493 g/mol. The molecule has 0 radical (unpaired) electrons. The van der Waals surface area contributed by atoms with Gasteiger partial charge in [0.25, 0.3) is 0 Å². The summed E-state index contributed by atoms with van der Waals surface area (Å²) in [5.74, 6) is 1.47. The summed E-state index contributed by atoms with van der Waals surface area (Å²) in [6.07, 6.45) is 2.32.